The average molecular weight is 376 g/mol. The molecule has 0 bridgehead atoms. The molecule has 5 nitrogen and oxygen atoms in total. The minimum Gasteiger partial charge on any atom is -0.378 e. The van der Waals surface area contributed by atoms with Gasteiger partial charge in [0.05, 0.1) is 13.2 Å². The van der Waals surface area contributed by atoms with Gasteiger partial charge in [-0.3, -0.25) is 0 Å². The first-order valence-corrected chi connectivity index (χ1v) is 7.76. The zero-order chi connectivity index (χ0) is 13.8. The largest absolute Gasteiger partial charge is 0.378 e. The Kier molecular flexibility index (Phi) is 5.20. The van der Waals surface area contributed by atoms with Gasteiger partial charge in [0.25, 0.3) is 0 Å². The van der Waals surface area contributed by atoms with Gasteiger partial charge in [0.1, 0.15) is 9.52 Å². The number of ether oxygens (including phenoxy) is 1. The third-order valence-electron chi connectivity index (χ3n) is 3.05. The van der Waals surface area contributed by atoms with Crippen LogP contribution in [0.3, 0.4) is 0 Å². The van der Waals surface area contributed by atoms with E-state index in [1.807, 2.05) is 0 Å². The molecule has 106 valence electrons. The summed E-state index contributed by atoms with van der Waals surface area (Å²) in [5.41, 5.74) is 1.12. The highest BCUT2D eigenvalue weighted by atomic mass is 127. The topological polar surface area (TPSA) is 50.3 Å². The van der Waals surface area contributed by atoms with Crippen molar-refractivity contribution in [2.75, 3.05) is 43.1 Å². The van der Waals surface area contributed by atoms with Crippen LogP contribution in [0, 0.1) is 16.5 Å². The molecule has 2 heterocycles. The number of aromatic nitrogens is 2. The molecule has 1 N–H and O–H groups in total. The maximum Gasteiger partial charge on any atom is 0.228 e. The molecule has 1 aromatic heterocycles. The van der Waals surface area contributed by atoms with Crippen molar-refractivity contribution in [1.29, 1.82) is 0 Å². The molecular weight excluding hydrogens is 355 g/mol. The number of nitrogens with zero attached hydrogens (tertiary/aromatic N) is 3. The number of anilines is 2. The highest BCUT2D eigenvalue weighted by Crippen LogP contribution is 2.22. The summed E-state index contributed by atoms with van der Waals surface area (Å²) >= 11 is 2.28. The summed E-state index contributed by atoms with van der Waals surface area (Å²) in [6, 6.07) is 0. The number of nitrogens with one attached hydrogen (secondary N) is 1. The Hall–Kier alpha value is -0.630. The molecule has 0 radical (unpaired) electrons. The van der Waals surface area contributed by atoms with Gasteiger partial charge < -0.3 is 15.0 Å². The molecular formula is C13H21IN4O. The first-order valence-electron chi connectivity index (χ1n) is 6.68. The van der Waals surface area contributed by atoms with Gasteiger partial charge in [0.15, 0.2) is 0 Å². The van der Waals surface area contributed by atoms with Crippen LogP contribution in [-0.4, -0.2) is 42.8 Å². The fraction of sp³-hybridized carbons (Fsp3) is 0.692. The van der Waals surface area contributed by atoms with E-state index in [1.165, 1.54) is 0 Å². The van der Waals surface area contributed by atoms with E-state index in [2.05, 4.69) is 63.5 Å². The van der Waals surface area contributed by atoms with E-state index < -0.39 is 0 Å². The molecule has 0 aromatic carbocycles. The molecule has 2 rings (SSSR count). The molecule has 1 aliphatic heterocycles. The zero-order valence-electron chi connectivity index (χ0n) is 11.7. The first kappa shape index (κ1) is 14.8. The van der Waals surface area contributed by atoms with E-state index >= 15 is 0 Å². The van der Waals surface area contributed by atoms with Gasteiger partial charge in [-0.15, -0.1) is 0 Å². The van der Waals surface area contributed by atoms with Crippen LogP contribution in [0.2, 0.25) is 0 Å². The lowest BCUT2D eigenvalue weighted by Crippen LogP contribution is -2.37. The summed E-state index contributed by atoms with van der Waals surface area (Å²) in [6.45, 7) is 10.6. The van der Waals surface area contributed by atoms with Gasteiger partial charge >= 0.3 is 0 Å². The fourth-order valence-corrected chi connectivity index (χ4v) is 2.33. The summed E-state index contributed by atoms with van der Waals surface area (Å²) < 4.78 is 6.38. The number of rotatable bonds is 4. The van der Waals surface area contributed by atoms with Crippen LogP contribution in [0.25, 0.3) is 0 Å². The van der Waals surface area contributed by atoms with Crippen LogP contribution in [-0.2, 0) is 4.74 Å². The smallest absolute Gasteiger partial charge is 0.228 e. The predicted molar refractivity (Wildman–Crippen MR) is 85.8 cm³/mol. The Morgan fingerprint density at radius 1 is 1.32 bits per heavy atom. The molecule has 0 spiro atoms. The van der Waals surface area contributed by atoms with Crippen LogP contribution in [0.4, 0.5) is 11.8 Å². The zero-order valence-corrected chi connectivity index (χ0v) is 13.9. The van der Waals surface area contributed by atoms with Crippen molar-refractivity contribution >= 4 is 34.4 Å². The van der Waals surface area contributed by atoms with Crippen molar-refractivity contribution in [2.24, 2.45) is 5.92 Å². The monoisotopic (exact) mass is 376 g/mol. The number of hydrogen-bond donors (Lipinski definition) is 1. The SMILES string of the molecule is Cc1c(I)nc(N2CCOCC2)nc1NCC(C)C. The summed E-state index contributed by atoms with van der Waals surface area (Å²) in [5.74, 6) is 2.36. The van der Waals surface area contributed by atoms with Crippen molar-refractivity contribution in [3.63, 3.8) is 0 Å². The number of halogens is 1. The van der Waals surface area contributed by atoms with Crippen LogP contribution >= 0.6 is 22.6 Å². The third-order valence-corrected chi connectivity index (χ3v) is 4.10. The van der Waals surface area contributed by atoms with Crippen molar-refractivity contribution in [1.82, 2.24) is 9.97 Å². The fourth-order valence-electron chi connectivity index (χ4n) is 1.86. The number of hydrogen-bond acceptors (Lipinski definition) is 5. The van der Waals surface area contributed by atoms with Gasteiger partial charge in [-0.2, -0.15) is 4.98 Å². The first-order chi connectivity index (χ1) is 9.08. The predicted octanol–water partition coefficient (Wildman–Crippen LogP) is 2.29. The van der Waals surface area contributed by atoms with E-state index in [-0.39, 0.29) is 0 Å². The lowest BCUT2D eigenvalue weighted by molar-refractivity contribution is 0.122. The minimum absolute atomic E-state index is 0.596. The normalized spacial score (nSPS) is 15.9. The molecule has 19 heavy (non-hydrogen) atoms. The van der Waals surface area contributed by atoms with E-state index in [4.69, 9.17) is 4.74 Å². The van der Waals surface area contributed by atoms with E-state index in [0.29, 0.717) is 5.92 Å². The van der Waals surface area contributed by atoms with Crippen molar-refractivity contribution in [2.45, 2.75) is 20.8 Å². The summed E-state index contributed by atoms with van der Waals surface area (Å²) in [5, 5.41) is 3.42. The van der Waals surface area contributed by atoms with Crippen LogP contribution < -0.4 is 10.2 Å². The molecule has 1 aromatic rings. The quantitative estimate of drug-likeness (QED) is 0.646. The molecule has 1 aliphatic rings. The lowest BCUT2D eigenvalue weighted by Gasteiger charge is -2.27. The summed E-state index contributed by atoms with van der Waals surface area (Å²) in [7, 11) is 0. The third kappa shape index (κ3) is 3.92. The number of morpholine rings is 1. The summed E-state index contributed by atoms with van der Waals surface area (Å²) in [6.07, 6.45) is 0. The van der Waals surface area contributed by atoms with E-state index in [0.717, 1.165) is 53.9 Å². The van der Waals surface area contributed by atoms with Gasteiger partial charge in [-0.05, 0) is 35.4 Å². The highest BCUT2D eigenvalue weighted by molar-refractivity contribution is 14.1. The molecule has 1 saturated heterocycles. The van der Waals surface area contributed by atoms with Crippen LogP contribution in [0.15, 0.2) is 0 Å². The Morgan fingerprint density at radius 3 is 2.63 bits per heavy atom. The van der Waals surface area contributed by atoms with E-state index in [1.54, 1.807) is 0 Å². The van der Waals surface area contributed by atoms with Crippen LogP contribution in [0.5, 0.6) is 0 Å². The maximum absolute atomic E-state index is 5.37. The molecule has 6 heteroatoms. The van der Waals surface area contributed by atoms with E-state index in [9.17, 15) is 0 Å². The summed E-state index contributed by atoms with van der Waals surface area (Å²) in [4.78, 5) is 11.4. The molecule has 1 fully saturated rings. The van der Waals surface area contributed by atoms with Gasteiger partial charge in [-0.25, -0.2) is 4.98 Å². The Labute approximate surface area is 128 Å². The second kappa shape index (κ2) is 6.69. The van der Waals surface area contributed by atoms with Crippen molar-refractivity contribution < 1.29 is 4.74 Å². The highest BCUT2D eigenvalue weighted by Gasteiger charge is 2.17. The second-order valence-electron chi connectivity index (χ2n) is 5.16. The Morgan fingerprint density at radius 2 is 2.00 bits per heavy atom. The molecule has 0 unspecified atom stereocenters. The van der Waals surface area contributed by atoms with Crippen molar-refractivity contribution in [3.8, 4) is 0 Å². The van der Waals surface area contributed by atoms with Gasteiger partial charge in [-0.1, -0.05) is 13.8 Å². The average Bonchev–Trinajstić information content (AvgIpc) is 2.41. The minimum atomic E-state index is 0.596. The van der Waals surface area contributed by atoms with Crippen molar-refractivity contribution in [3.05, 3.63) is 9.26 Å². The lowest BCUT2D eigenvalue weighted by atomic mass is 10.2. The Balaban J connectivity index is 2.19. The molecule has 0 amide bonds. The molecule has 0 atom stereocenters. The van der Waals surface area contributed by atoms with Gasteiger partial charge in [0, 0.05) is 25.2 Å². The Bertz CT molecular complexity index is 433. The van der Waals surface area contributed by atoms with Crippen LogP contribution in [0.1, 0.15) is 19.4 Å². The maximum atomic E-state index is 5.37. The molecule has 0 saturated carbocycles. The van der Waals surface area contributed by atoms with Gasteiger partial charge in [0.2, 0.25) is 5.95 Å². The molecule has 0 aliphatic carbocycles. The standard InChI is InChI=1S/C13H21IN4O/c1-9(2)8-15-12-10(3)11(14)16-13(17-12)18-4-6-19-7-5-18/h9H,4-8H2,1-3H3,(H,15,16,17). The second-order valence-corrected chi connectivity index (χ2v) is 6.18.